The van der Waals surface area contributed by atoms with Crippen LogP contribution in [0.1, 0.15) is 57.2 Å². The maximum atomic E-state index is 12.5. The molecule has 0 fully saturated rings. The first-order chi connectivity index (χ1) is 16.0. The lowest BCUT2D eigenvalue weighted by Gasteiger charge is -2.24. The number of allylic oxidation sites excluding steroid dienone is 1. The van der Waals surface area contributed by atoms with E-state index in [0.717, 1.165) is 45.3 Å². The average molecular weight is 532 g/mol. The molecule has 7 heteroatoms. The molecule has 0 heterocycles. The van der Waals surface area contributed by atoms with E-state index in [0.29, 0.717) is 6.61 Å². The number of methoxy groups -OCH3 is 1. The number of carbonyl (C=O) groups is 2. The molecule has 1 amide bonds. The minimum atomic E-state index is -0.659. The molecule has 0 aliphatic rings. The number of benzene rings is 2. The van der Waals surface area contributed by atoms with Crippen LogP contribution in [0.3, 0.4) is 0 Å². The maximum Gasteiger partial charge on any atom is 0.408 e. The van der Waals surface area contributed by atoms with Gasteiger partial charge in [0, 0.05) is 10.0 Å². The number of rotatable bonds is 10. The second-order valence-corrected chi connectivity index (χ2v) is 9.90. The van der Waals surface area contributed by atoms with E-state index in [-0.39, 0.29) is 6.42 Å². The van der Waals surface area contributed by atoms with Crippen LogP contribution >= 0.6 is 15.9 Å². The SMILES string of the molecule is C=CCCCOc1cc(Br)cc(C)c1-c1cccc([C@H](CC(=O)OC)NC(=O)OC(C)(C)C)c1. The summed E-state index contributed by atoms with van der Waals surface area (Å²) in [5, 5.41) is 2.81. The molecule has 34 heavy (non-hydrogen) atoms. The van der Waals surface area contributed by atoms with Gasteiger partial charge in [0.15, 0.2) is 0 Å². The molecule has 1 atom stereocenters. The molecule has 6 nitrogen and oxygen atoms in total. The van der Waals surface area contributed by atoms with Gasteiger partial charge in [-0.2, -0.15) is 0 Å². The third kappa shape index (κ3) is 8.52. The second kappa shape index (κ2) is 12.6. The van der Waals surface area contributed by atoms with Gasteiger partial charge in [-0.1, -0.05) is 40.2 Å². The molecule has 0 unspecified atom stereocenters. The van der Waals surface area contributed by atoms with Crippen molar-refractivity contribution in [1.29, 1.82) is 0 Å². The molecule has 0 aromatic heterocycles. The third-order valence-corrected chi connectivity index (χ3v) is 5.40. The van der Waals surface area contributed by atoms with Crippen molar-refractivity contribution in [2.45, 2.75) is 58.6 Å². The highest BCUT2D eigenvalue weighted by Crippen LogP contribution is 2.37. The van der Waals surface area contributed by atoms with E-state index >= 15 is 0 Å². The Labute approximate surface area is 210 Å². The summed E-state index contributed by atoms with van der Waals surface area (Å²) in [6, 6.07) is 11.1. The van der Waals surface area contributed by atoms with Gasteiger partial charge in [0.05, 0.1) is 26.2 Å². The highest BCUT2D eigenvalue weighted by Gasteiger charge is 2.24. The fourth-order valence-corrected chi connectivity index (χ4v) is 4.02. The van der Waals surface area contributed by atoms with Crippen LogP contribution in [-0.2, 0) is 14.3 Å². The fourth-order valence-electron chi connectivity index (χ4n) is 3.47. The topological polar surface area (TPSA) is 73.9 Å². The first-order valence-corrected chi connectivity index (χ1v) is 12.0. The lowest BCUT2D eigenvalue weighted by Crippen LogP contribution is -2.36. The van der Waals surface area contributed by atoms with Gasteiger partial charge in [-0.15, -0.1) is 6.58 Å². The normalized spacial score (nSPS) is 11.9. The number of aryl methyl sites for hydroxylation is 1. The van der Waals surface area contributed by atoms with Gasteiger partial charge in [-0.05, 0) is 75.4 Å². The van der Waals surface area contributed by atoms with E-state index in [1.807, 2.05) is 49.4 Å². The van der Waals surface area contributed by atoms with Gasteiger partial charge in [0.1, 0.15) is 11.4 Å². The zero-order valence-corrected chi connectivity index (χ0v) is 22.2. The lowest BCUT2D eigenvalue weighted by atomic mass is 9.95. The van der Waals surface area contributed by atoms with Gasteiger partial charge in [-0.25, -0.2) is 4.79 Å². The van der Waals surface area contributed by atoms with Crippen LogP contribution in [0.15, 0.2) is 53.5 Å². The molecule has 0 radical (unpaired) electrons. The number of unbranched alkanes of at least 4 members (excludes halogenated alkanes) is 1. The minimum Gasteiger partial charge on any atom is -0.493 e. The van der Waals surface area contributed by atoms with Crippen molar-refractivity contribution in [2.24, 2.45) is 0 Å². The van der Waals surface area contributed by atoms with Gasteiger partial charge in [0.25, 0.3) is 0 Å². The summed E-state index contributed by atoms with van der Waals surface area (Å²) in [6.07, 6.45) is 3.00. The number of hydrogen-bond donors (Lipinski definition) is 1. The van der Waals surface area contributed by atoms with E-state index in [9.17, 15) is 9.59 Å². The van der Waals surface area contributed by atoms with Crippen molar-refractivity contribution in [1.82, 2.24) is 5.32 Å². The monoisotopic (exact) mass is 531 g/mol. The summed E-state index contributed by atoms with van der Waals surface area (Å²) in [5.41, 5.74) is 3.01. The Morgan fingerprint density at radius 2 is 1.94 bits per heavy atom. The van der Waals surface area contributed by atoms with Crippen molar-refractivity contribution in [3.63, 3.8) is 0 Å². The maximum absolute atomic E-state index is 12.5. The fraction of sp³-hybridized carbons (Fsp3) is 0.407. The van der Waals surface area contributed by atoms with Crippen molar-refractivity contribution >= 4 is 28.0 Å². The van der Waals surface area contributed by atoms with Gasteiger partial charge < -0.3 is 19.5 Å². The second-order valence-electron chi connectivity index (χ2n) is 8.98. The highest BCUT2D eigenvalue weighted by molar-refractivity contribution is 9.10. The summed E-state index contributed by atoms with van der Waals surface area (Å²) in [5.74, 6) is 0.329. The number of amides is 1. The molecular weight excluding hydrogens is 498 g/mol. The standard InChI is InChI=1S/C27H34BrNO5/c1-7-8-9-13-33-23-16-21(28)14-18(2)25(23)20-12-10-11-19(15-20)22(17-24(30)32-6)29-26(31)34-27(3,4)5/h7,10-12,14-16,22H,1,8-9,13,17H2,2-6H3,(H,29,31)/t22-/m0/s1. The highest BCUT2D eigenvalue weighted by atomic mass is 79.9. The van der Waals surface area contributed by atoms with E-state index in [2.05, 4.69) is 27.8 Å². The summed E-state index contributed by atoms with van der Waals surface area (Å²) < 4.78 is 17.3. The molecule has 2 aromatic carbocycles. The quantitative estimate of drug-likeness (QED) is 0.205. The van der Waals surface area contributed by atoms with E-state index < -0.39 is 23.7 Å². The molecule has 2 aromatic rings. The van der Waals surface area contributed by atoms with E-state index in [1.54, 1.807) is 20.8 Å². The molecule has 0 bridgehead atoms. The van der Waals surface area contributed by atoms with Crippen LogP contribution in [0.5, 0.6) is 5.75 Å². The van der Waals surface area contributed by atoms with Crippen molar-refractivity contribution in [3.05, 3.63) is 64.7 Å². The van der Waals surface area contributed by atoms with Crippen LogP contribution < -0.4 is 10.1 Å². The number of nitrogens with one attached hydrogen (secondary N) is 1. The Bertz CT molecular complexity index is 1010. The van der Waals surface area contributed by atoms with Crippen LogP contribution in [-0.4, -0.2) is 31.4 Å². The predicted molar refractivity (Wildman–Crippen MR) is 138 cm³/mol. The van der Waals surface area contributed by atoms with E-state index in [4.69, 9.17) is 14.2 Å². The Balaban J connectivity index is 2.42. The molecular formula is C27H34BrNO5. The zero-order chi connectivity index (χ0) is 25.3. The largest absolute Gasteiger partial charge is 0.493 e. The molecule has 1 N–H and O–H groups in total. The molecule has 0 aliphatic heterocycles. The van der Waals surface area contributed by atoms with Crippen molar-refractivity contribution < 1.29 is 23.8 Å². The van der Waals surface area contributed by atoms with Gasteiger partial charge in [-0.3, -0.25) is 4.79 Å². The first kappa shape index (κ1) is 27.4. The number of carbonyl (C=O) groups excluding carboxylic acids is 2. The van der Waals surface area contributed by atoms with Crippen molar-refractivity contribution in [3.8, 4) is 16.9 Å². The molecule has 2 rings (SSSR count). The minimum absolute atomic E-state index is 0.0244. The molecule has 184 valence electrons. The van der Waals surface area contributed by atoms with Crippen molar-refractivity contribution in [2.75, 3.05) is 13.7 Å². The zero-order valence-electron chi connectivity index (χ0n) is 20.6. The van der Waals surface area contributed by atoms with Crippen LogP contribution in [0.25, 0.3) is 11.1 Å². The number of alkyl carbamates (subject to hydrolysis) is 1. The Kier molecular flexibility index (Phi) is 10.2. The molecule has 0 saturated heterocycles. The molecule has 0 spiro atoms. The molecule has 0 aliphatic carbocycles. The summed E-state index contributed by atoms with van der Waals surface area (Å²) >= 11 is 3.56. The van der Waals surface area contributed by atoms with Crippen LogP contribution in [0.4, 0.5) is 4.79 Å². The smallest absolute Gasteiger partial charge is 0.408 e. The first-order valence-electron chi connectivity index (χ1n) is 11.2. The Hall–Kier alpha value is -2.80. The number of esters is 1. The average Bonchev–Trinajstić information content (AvgIpc) is 2.74. The lowest BCUT2D eigenvalue weighted by molar-refractivity contribution is -0.141. The Morgan fingerprint density at radius 1 is 1.21 bits per heavy atom. The third-order valence-electron chi connectivity index (χ3n) is 4.94. The predicted octanol–water partition coefficient (Wildman–Crippen LogP) is 6.90. The van der Waals surface area contributed by atoms with Crippen LogP contribution in [0.2, 0.25) is 0 Å². The van der Waals surface area contributed by atoms with Gasteiger partial charge >= 0.3 is 12.1 Å². The van der Waals surface area contributed by atoms with E-state index in [1.165, 1.54) is 7.11 Å². The van der Waals surface area contributed by atoms with Gasteiger partial charge in [0.2, 0.25) is 0 Å². The summed E-state index contributed by atoms with van der Waals surface area (Å²) in [6.45, 7) is 11.7. The number of ether oxygens (including phenoxy) is 3. The van der Waals surface area contributed by atoms with Crippen LogP contribution in [0, 0.1) is 6.92 Å². The number of halogens is 1. The molecule has 0 saturated carbocycles. The summed E-state index contributed by atoms with van der Waals surface area (Å²) in [4.78, 5) is 24.6. The number of hydrogen-bond acceptors (Lipinski definition) is 5. The Morgan fingerprint density at radius 3 is 2.59 bits per heavy atom. The summed E-state index contributed by atoms with van der Waals surface area (Å²) in [7, 11) is 1.32.